The van der Waals surface area contributed by atoms with Gasteiger partial charge in [-0.25, -0.2) is 0 Å². The standard InChI is InChI=1S/C13H16BrNO2/c14-10-4-1-2-6-13(10)17-9-7-12(16)11-5-3-8-15-11/h1-2,4,6,11,15H,3,5,7-9H2. The van der Waals surface area contributed by atoms with E-state index in [0.29, 0.717) is 13.0 Å². The molecule has 1 unspecified atom stereocenters. The number of ketones is 1. The Balaban J connectivity index is 1.76. The third-order valence-corrected chi connectivity index (χ3v) is 3.55. The van der Waals surface area contributed by atoms with Gasteiger partial charge in [0.15, 0.2) is 5.78 Å². The molecule has 92 valence electrons. The second-order valence-corrected chi connectivity index (χ2v) is 5.00. The molecule has 0 aliphatic carbocycles. The third kappa shape index (κ3) is 3.54. The number of hydrogen-bond donors (Lipinski definition) is 1. The van der Waals surface area contributed by atoms with Crippen LogP contribution in [0.15, 0.2) is 28.7 Å². The monoisotopic (exact) mass is 297 g/mol. The Bertz CT molecular complexity index is 389. The van der Waals surface area contributed by atoms with Crippen LogP contribution < -0.4 is 10.1 Å². The lowest BCUT2D eigenvalue weighted by Gasteiger charge is -2.10. The lowest BCUT2D eigenvalue weighted by Crippen LogP contribution is -2.31. The Morgan fingerprint density at radius 3 is 3.00 bits per heavy atom. The number of halogens is 1. The van der Waals surface area contributed by atoms with Gasteiger partial charge in [-0.2, -0.15) is 0 Å². The van der Waals surface area contributed by atoms with Crippen molar-refractivity contribution < 1.29 is 9.53 Å². The van der Waals surface area contributed by atoms with Gasteiger partial charge in [0.05, 0.1) is 17.1 Å². The van der Waals surface area contributed by atoms with E-state index in [1.54, 1.807) is 0 Å². The molecule has 0 saturated carbocycles. The smallest absolute Gasteiger partial charge is 0.153 e. The first-order valence-electron chi connectivity index (χ1n) is 5.91. The zero-order valence-electron chi connectivity index (χ0n) is 9.62. The summed E-state index contributed by atoms with van der Waals surface area (Å²) in [5.74, 6) is 1.05. The summed E-state index contributed by atoms with van der Waals surface area (Å²) < 4.78 is 6.49. The molecule has 1 fully saturated rings. The lowest BCUT2D eigenvalue weighted by atomic mass is 10.1. The van der Waals surface area contributed by atoms with Crippen LogP contribution in [0.3, 0.4) is 0 Å². The van der Waals surface area contributed by atoms with Gasteiger partial charge in [-0.3, -0.25) is 4.79 Å². The zero-order chi connectivity index (χ0) is 12.1. The van der Waals surface area contributed by atoms with E-state index in [-0.39, 0.29) is 11.8 Å². The molecule has 1 aliphatic rings. The highest BCUT2D eigenvalue weighted by molar-refractivity contribution is 9.10. The fraction of sp³-hybridized carbons (Fsp3) is 0.462. The number of hydrogen-bond acceptors (Lipinski definition) is 3. The number of Topliss-reactive ketones (excluding diaryl/α,β-unsaturated/α-hetero) is 1. The molecule has 4 heteroatoms. The van der Waals surface area contributed by atoms with Crippen LogP contribution in [0.5, 0.6) is 5.75 Å². The predicted octanol–water partition coefficient (Wildman–Crippen LogP) is 2.54. The molecule has 1 atom stereocenters. The molecule has 0 bridgehead atoms. The van der Waals surface area contributed by atoms with Gasteiger partial charge in [-0.15, -0.1) is 0 Å². The van der Waals surface area contributed by atoms with Crippen LogP contribution in [0, 0.1) is 0 Å². The van der Waals surface area contributed by atoms with Gasteiger partial charge in [0.2, 0.25) is 0 Å². The highest BCUT2D eigenvalue weighted by Crippen LogP contribution is 2.23. The van der Waals surface area contributed by atoms with E-state index in [1.165, 1.54) is 0 Å². The molecule has 1 aliphatic heterocycles. The van der Waals surface area contributed by atoms with Gasteiger partial charge < -0.3 is 10.1 Å². The van der Waals surface area contributed by atoms with Crippen molar-refractivity contribution in [2.45, 2.75) is 25.3 Å². The number of nitrogens with one attached hydrogen (secondary N) is 1. The largest absolute Gasteiger partial charge is 0.492 e. The topological polar surface area (TPSA) is 38.3 Å². The summed E-state index contributed by atoms with van der Waals surface area (Å²) in [7, 11) is 0. The molecule has 1 aromatic carbocycles. The first-order chi connectivity index (χ1) is 8.27. The predicted molar refractivity (Wildman–Crippen MR) is 70.3 cm³/mol. The second-order valence-electron chi connectivity index (χ2n) is 4.14. The average Bonchev–Trinajstić information content (AvgIpc) is 2.85. The molecule has 0 aromatic heterocycles. The lowest BCUT2D eigenvalue weighted by molar-refractivity contribution is -0.121. The summed E-state index contributed by atoms with van der Waals surface area (Å²) in [5.41, 5.74) is 0. The van der Waals surface area contributed by atoms with Crippen molar-refractivity contribution in [1.82, 2.24) is 5.32 Å². The maximum absolute atomic E-state index is 11.8. The van der Waals surface area contributed by atoms with Crippen molar-refractivity contribution in [2.75, 3.05) is 13.2 Å². The number of carbonyl (C=O) groups excluding carboxylic acids is 1. The maximum atomic E-state index is 11.8. The van der Waals surface area contributed by atoms with Crippen LogP contribution in [0.2, 0.25) is 0 Å². The van der Waals surface area contributed by atoms with Crippen LogP contribution >= 0.6 is 15.9 Å². The fourth-order valence-electron chi connectivity index (χ4n) is 1.96. The van der Waals surface area contributed by atoms with Crippen molar-refractivity contribution in [1.29, 1.82) is 0 Å². The first-order valence-corrected chi connectivity index (χ1v) is 6.70. The van der Waals surface area contributed by atoms with Crippen LogP contribution in [-0.4, -0.2) is 25.0 Å². The van der Waals surface area contributed by atoms with Gasteiger partial charge >= 0.3 is 0 Å². The van der Waals surface area contributed by atoms with E-state index in [1.807, 2.05) is 24.3 Å². The van der Waals surface area contributed by atoms with E-state index in [0.717, 1.165) is 29.6 Å². The molecule has 2 rings (SSSR count). The Morgan fingerprint density at radius 1 is 1.47 bits per heavy atom. The molecule has 1 heterocycles. The summed E-state index contributed by atoms with van der Waals surface area (Å²) in [5, 5.41) is 3.20. The Morgan fingerprint density at radius 2 is 2.29 bits per heavy atom. The molecule has 1 saturated heterocycles. The van der Waals surface area contributed by atoms with Crippen molar-refractivity contribution >= 4 is 21.7 Å². The molecule has 0 spiro atoms. The molecule has 0 amide bonds. The third-order valence-electron chi connectivity index (χ3n) is 2.89. The SMILES string of the molecule is O=C(CCOc1ccccc1Br)C1CCCN1. The van der Waals surface area contributed by atoms with Crippen LogP contribution in [0.1, 0.15) is 19.3 Å². The molecular formula is C13H16BrNO2. The summed E-state index contributed by atoms with van der Waals surface area (Å²) in [6, 6.07) is 7.72. The molecule has 1 aromatic rings. The summed E-state index contributed by atoms with van der Waals surface area (Å²) >= 11 is 3.41. The van der Waals surface area contributed by atoms with Gasteiger partial charge in [0, 0.05) is 6.42 Å². The van der Waals surface area contributed by atoms with Crippen LogP contribution in [0.4, 0.5) is 0 Å². The molecule has 1 N–H and O–H groups in total. The average molecular weight is 298 g/mol. The molecule has 0 radical (unpaired) electrons. The van der Waals surface area contributed by atoms with E-state index in [9.17, 15) is 4.79 Å². The summed E-state index contributed by atoms with van der Waals surface area (Å²) in [4.78, 5) is 11.8. The van der Waals surface area contributed by atoms with Crippen molar-refractivity contribution in [3.05, 3.63) is 28.7 Å². The van der Waals surface area contributed by atoms with E-state index in [4.69, 9.17) is 4.74 Å². The number of benzene rings is 1. The van der Waals surface area contributed by atoms with Gasteiger partial charge in [-0.05, 0) is 47.4 Å². The van der Waals surface area contributed by atoms with Crippen LogP contribution in [-0.2, 0) is 4.79 Å². The summed E-state index contributed by atoms with van der Waals surface area (Å²) in [6.07, 6.45) is 2.54. The van der Waals surface area contributed by atoms with Gasteiger partial charge in [-0.1, -0.05) is 12.1 Å². The molecule has 17 heavy (non-hydrogen) atoms. The van der Waals surface area contributed by atoms with E-state index >= 15 is 0 Å². The first kappa shape index (κ1) is 12.6. The second kappa shape index (κ2) is 6.17. The Kier molecular flexibility index (Phi) is 4.57. The van der Waals surface area contributed by atoms with Gasteiger partial charge in [0.1, 0.15) is 5.75 Å². The minimum Gasteiger partial charge on any atom is -0.492 e. The van der Waals surface area contributed by atoms with Crippen molar-refractivity contribution in [2.24, 2.45) is 0 Å². The minimum absolute atomic E-state index is 0.0535. The number of para-hydroxylation sites is 1. The highest BCUT2D eigenvalue weighted by Gasteiger charge is 2.21. The fourth-order valence-corrected chi connectivity index (χ4v) is 2.36. The number of rotatable bonds is 5. The quantitative estimate of drug-likeness (QED) is 0.908. The molecular weight excluding hydrogens is 282 g/mol. The Hall–Kier alpha value is -0.870. The van der Waals surface area contributed by atoms with E-state index < -0.39 is 0 Å². The summed E-state index contributed by atoms with van der Waals surface area (Å²) in [6.45, 7) is 1.40. The zero-order valence-corrected chi connectivity index (χ0v) is 11.2. The molecule has 3 nitrogen and oxygen atoms in total. The van der Waals surface area contributed by atoms with E-state index in [2.05, 4.69) is 21.2 Å². The normalized spacial score (nSPS) is 19.2. The Labute approximate surface area is 110 Å². The highest BCUT2D eigenvalue weighted by atomic mass is 79.9. The number of ether oxygens (including phenoxy) is 1. The maximum Gasteiger partial charge on any atom is 0.153 e. The number of carbonyl (C=O) groups is 1. The minimum atomic E-state index is 0.0535. The van der Waals surface area contributed by atoms with Gasteiger partial charge in [0.25, 0.3) is 0 Å². The van der Waals surface area contributed by atoms with Crippen molar-refractivity contribution in [3.63, 3.8) is 0 Å². The van der Waals surface area contributed by atoms with Crippen molar-refractivity contribution in [3.8, 4) is 5.75 Å². The van der Waals surface area contributed by atoms with Crippen LogP contribution in [0.25, 0.3) is 0 Å².